The van der Waals surface area contributed by atoms with Crippen LogP contribution in [0.5, 0.6) is 0 Å². The number of fused-ring (bicyclic) bond motifs is 1. The first-order valence-electron chi connectivity index (χ1n) is 7.58. The van der Waals surface area contributed by atoms with Gasteiger partial charge in [-0.3, -0.25) is 4.79 Å². The monoisotopic (exact) mass is 324 g/mol. The Kier molecular flexibility index (Phi) is 3.31. The molecule has 0 atom stereocenters. The molecule has 2 aromatic heterocycles. The highest BCUT2D eigenvalue weighted by Gasteiger charge is 2.26. The molecule has 1 aliphatic rings. The molecule has 116 valence electrons. The summed E-state index contributed by atoms with van der Waals surface area (Å²) in [5, 5.41) is 3.99. The van der Waals surface area contributed by atoms with Gasteiger partial charge in [0.1, 0.15) is 5.76 Å². The number of thiophene rings is 1. The Bertz CT molecular complexity index is 875. The molecule has 23 heavy (non-hydrogen) atoms. The zero-order chi connectivity index (χ0) is 16.0. The van der Waals surface area contributed by atoms with Crippen LogP contribution in [0.1, 0.15) is 26.7 Å². The molecule has 0 saturated carbocycles. The highest BCUT2D eigenvalue weighted by molar-refractivity contribution is 7.17. The van der Waals surface area contributed by atoms with Gasteiger partial charge in [-0.25, -0.2) is 0 Å². The van der Waals surface area contributed by atoms with Gasteiger partial charge in [-0.1, -0.05) is 23.4 Å². The van der Waals surface area contributed by atoms with Crippen LogP contribution in [0.4, 0.5) is 5.69 Å². The Morgan fingerprint density at radius 1 is 1.22 bits per heavy atom. The summed E-state index contributed by atoms with van der Waals surface area (Å²) in [7, 11) is 0. The van der Waals surface area contributed by atoms with Crippen molar-refractivity contribution in [3.05, 3.63) is 58.3 Å². The van der Waals surface area contributed by atoms with E-state index < -0.39 is 0 Å². The summed E-state index contributed by atoms with van der Waals surface area (Å²) in [6.45, 7) is 4.56. The van der Waals surface area contributed by atoms with Crippen molar-refractivity contribution < 1.29 is 9.32 Å². The SMILES string of the molecule is Cc1noc(C)c1-c1ccc(C(=O)N2CCc3ccccc32)s1. The van der Waals surface area contributed by atoms with E-state index in [2.05, 4.69) is 11.2 Å². The topological polar surface area (TPSA) is 46.3 Å². The summed E-state index contributed by atoms with van der Waals surface area (Å²) in [5.74, 6) is 0.854. The minimum Gasteiger partial charge on any atom is -0.361 e. The molecule has 0 spiro atoms. The summed E-state index contributed by atoms with van der Waals surface area (Å²) in [6, 6.07) is 12.0. The zero-order valence-electron chi connectivity index (χ0n) is 13.0. The minimum absolute atomic E-state index is 0.0676. The summed E-state index contributed by atoms with van der Waals surface area (Å²) in [5.41, 5.74) is 4.12. The van der Waals surface area contributed by atoms with Gasteiger partial charge in [0.25, 0.3) is 5.91 Å². The van der Waals surface area contributed by atoms with Crippen molar-refractivity contribution in [1.82, 2.24) is 5.16 Å². The van der Waals surface area contributed by atoms with E-state index in [1.807, 2.05) is 49.1 Å². The molecule has 0 fully saturated rings. The van der Waals surface area contributed by atoms with Crippen molar-refractivity contribution >= 4 is 22.9 Å². The third-order valence-electron chi connectivity index (χ3n) is 4.23. The second kappa shape index (κ2) is 5.35. The van der Waals surface area contributed by atoms with Crippen LogP contribution in [-0.2, 0) is 6.42 Å². The summed E-state index contributed by atoms with van der Waals surface area (Å²) in [4.78, 5) is 16.5. The maximum atomic E-state index is 12.9. The van der Waals surface area contributed by atoms with Crippen LogP contribution in [0.3, 0.4) is 0 Å². The maximum Gasteiger partial charge on any atom is 0.268 e. The second-order valence-corrected chi connectivity index (χ2v) is 6.78. The quantitative estimate of drug-likeness (QED) is 0.709. The largest absolute Gasteiger partial charge is 0.361 e. The predicted molar refractivity (Wildman–Crippen MR) is 91.1 cm³/mol. The minimum atomic E-state index is 0.0676. The van der Waals surface area contributed by atoms with Crippen molar-refractivity contribution in [3.8, 4) is 10.4 Å². The van der Waals surface area contributed by atoms with Crippen molar-refractivity contribution in [3.63, 3.8) is 0 Å². The Morgan fingerprint density at radius 2 is 2.04 bits per heavy atom. The lowest BCUT2D eigenvalue weighted by molar-refractivity contribution is 0.0993. The van der Waals surface area contributed by atoms with Crippen molar-refractivity contribution in [2.75, 3.05) is 11.4 Å². The number of amides is 1. The highest BCUT2D eigenvalue weighted by Crippen LogP contribution is 2.35. The van der Waals surface area contributed by atoms with E-state index in [1.54, 1.807) is 0 Å². The average Bonchev–Trinajstić information content (AvgIpc) is 3.25. The number of aromatic nitrogens is 1. The number of nitrogens with zero attached hydrogens (tertiary/aromatic N) is 2. The van der Waals surface area contributed by atoms with E-state index in [-0.39, 0.29) is 5.91 Å². The van der Waals surface area contributed by atoms with Gasteiger partial charge in [0, 0.05) is 17.1 Å². The van der Waals surface area contributed by atoms with Gasteiger partial charge in [0.15, 0.2) is 0 Å². The first kappa shape index (κ1) is 14.2. The average molecular weight is 324 g/mol. The lowest BCUT2D eigenvalue weighted by Gasteiger charge is -2.16. The van der Waals surface area contributed by atoms with E-state index in [4.69, 9.17) is 4.52 Å². The molecule has 0 saturated heterocycles. The first-order chi connectivity index (χ1) is 11.1. The van der Waals surface area contributed by atoms with E-state index in [0.717, 1.165) is 45.4 Å². The molecule has 0 radical (unpaired) electrons. The lowest BCUT2D eigenvalue weighted by atomic mass is 10.2. The van der Waals surface area contributed by atoms with Gasteiger partial charge < -0.3 is 9.42 Å². The van der Waals surface area contributed by atoms with Crippen molar-refractivity contribution in [2.24, 2.45) is 0 Å². The van der Waals surface area contributed by atoms with Crippen LogP contribution in [0.2, 0.25) is 0 Å². The molecular weight excluding hydrogens is 308 g/mol. The molecule has 0 bridgehead atoms. The van der Waals surface area contributed by atoms with Crippen LogP contribution in [0.15, 0.2) is 40.9 Å². The van der Waals surface area contributed by atoms with Gasteiger partial charge in [0.05, 0.1) is 16.1 Å². The van der Waals surface area contributed by atoms with Crippen LogP contribution in [0.25, 0.3) is 10.4 Å². The van der Waals surface area contributed by atoms with Gasteiger partial charge in [-0.05, 0) is 44.0 Å². The van der Waals surface area contributed by atoms with E-state index in [1.165, 1.54) is 16.9 Å². The summed E-state index contributed by atoms with van der Waals surface area (Å²) >= 11 is 1.50. The fraction of sp³-hybridized carbons (Fsp3) is 0.222. The first-order valence-corrected chi connectivity index (χ1v) is 8.39. The number of hydrogen-bond acceptors (Lipinski definition) is 4. The van der Waals surface area contributed by atoms with Gasteiger partial charge in [-0.2, -0.15) is 0 Å². The molecule has 3 aromatic rings. The summed E-state index contributed by atoms with van der Waals surface area (Å²) in [6.07, 6.45) is 0.921. The number of para-hydroxylation sites is 1. The second-order valence-electron chi connectivity index (χ2n) is 5.70. The third kappa shape index (κ3) is 2.28. The maximum absolute atomic E-state index is 12.9. The van der Waals surface area contributed by atoms with Crippen molar-refractivity contribution in [1.29, 1.82) is 0 Å². The molecular formula is C18H16N2O2S. The standard InChI is InChI=1S/C18H16N2O2S/c1-11-17(12(2)22-19-11)15-7-8-16(23-15)18(21)20-10-9-13-5-3-4-6-14(13)20/h3-8H,9-10H2,1-2H3. The van der Waals surface area contributed by atoms with Crippen LogP contribution in [-0.4, -0.2) is 17.6 Å². The molecule has 0 aliphatic carbocycles. The molecule has 5 heteroatoms. The lowest BCUT2D eigenvalue weighted by Crippen LogP contribution is -2.28. The predicted octanol–water partition coefficient (Wildman–Crippen LogP) is 4.22. The molecule has 4 nitrogen and oxygen atoms in total. The number of carbonyl (C=O) groups is 1. The van der Waals surface area contributed by atoms with Crippen LogP contribution in [0, 0.1) is 13.8 Å². The Morgan fingerprint density at radius 3 is 2.83 bits per heavy atom. The number of rotatable bonds is 2. The number of anilines is 1. The van der Waals surface area contributed by atoms with Crippen molar-refractivity contribution in [2.45, 2.75) is 20.3 Å². The Hall–Kier alpha value is -2.40. The summed E-state index contributed by atoms with van der Waals surface area (Å²) < 4.78 is 5.23. The van der Waals surface area contributed by atoms with E-state index in [0.29, 0.717) is 0 Å². The number of carbonyl (C=O) groups excluding carboxylic acids is 1. The fourth-order valence-electron chi connectivity index (χ4n) is 3.10. The fourth-order valence-corrected chi connectivity index (χ4v) is 4.20. The molecule has 1 amide bonds. The smallest absolute Gasteiger partial charge is 0.268 e. The third-order valence-corrected chi connectivity index (χ3v) is 5.32. The van der Waals surface area contributed by atoms with Gasteiger partial charge >= 0.3 is 0 Å². The highest BCUT2D eigenvalue weighted by atomic mass is 32.1. The van der Waals surface area contributed by atoms with Crippen LogP contribution >= 0.6 is 11.3 Å². The van der Waals surface area contributed by atoms with E-state index >= 15 is 0 Å². The Balaban J connectivity index is 1.67. The molecule has 1 aliphatic heterocycles. The van der Waals surface area contributed by atoms with Gasteiger partial charge in [0.2, 0.25) is 0 Å². The zero-order valence-corrected chi connectivity index (χ0v) is 13.8. The van der Waals surface area contributed by atoms with E-state index in [9.17, 15) is 4.79 Å². The number of aryl methyl sites for hydroxylation is 2. The molecule has 4 rings (SSSR count). The number of hydrogen-bond donors (Lipinski definition) is 0. The van der Waals surface area contributed by atoms with Gasteiger partial charge in [-0.15, -0.1) is 11.3 Å². The Labute approximate surface area is 138 Å². The molecule has 0 N–H and O–H groups in total. The van der Waals surface area contributed by atoms with Crippen LogP contribution < -0.4 is 4.90 Å². The normalized spacial score (nSPS) is 13.4. The molecule has 3 heterocycles. The number of benzene rings is 1. The molecule has 1 aromatic carbocycles. The molecule has 0 unspecified atom stereocenters.